The molecule has 0 aliphatic heterocycles. The van der Waals surface area contributed by atoms with Crippen molar-refractivity contribution in [2.75, 3.05) is 0 Å². The summed E-state index contributed by atoms with van der Waals surface area (Å²) in [5.41, 5.74) is 1.29. The molecule has 0 atom stereocenters. The molecule has 94 valence electrons. The molecule has 0 fully saturated rings. The van der Waals surface area contributed by atoms with E-state index in [1.165, 1.54) is 0 Å². The van der Waals surface area contributed by atoms with Gasteiger partial charge >= 0.3 is 0 Å². The van der Waals surface area contributed by atoms with E-state index in [2.05, 4.69) is 0 Å². The number of phenolic OH excluding ortho intramolecular Hbond substituents is 2. The van der Waals surface area contributed by atoms with Gasteiger partial charge in [-0.3, -0.25) is 0 Å². The number of phenols is 2. The van der Waals surface area contributed by atoms with Crippen molar-refractivity contribution < 1.29 is 20.3 Å². The third-order valence-electron chi connectivity index (χ3n) is 2.10. The van der Waals surface area contributed by atoms with Crippen LogP contribution in [0.4, 0.5) is 0 Å². The van der Waals surface area contributed by atoms with Crippen LogP contribution in [0.1, 0.15) is 0 Å². The van der Waals surface area contributed by atoms with Crippen LogP contribution < -0.4 is 0 Å². The summed E-state index contributed by atoms with van der Waals surface area (Å²) in [4.78, 5) is 0. The molecule has 4 N–H and O–H groups in total. The minimum absolute atomic E-state index is 0.175. The van der Waals surface area contributed by atoms with Crippen LogP contribution in [0, 0.1) is 0 Å². The summed E-state index contributed by atoms with van der Waals surface area (Å²) >= 11 is 0. The Hall–Kier alpha value is -1.91. The Morgan fingerprint density at radius 3 is 1.11 bits per heavy atom. The van der Waals surface area contributed by atoms with Gasteiger partial charge in [0.2, 0.25) is 0 Å². The summed E-state index contributed by atoms with van der Waals surface area (Å²) in [7, 11) is 2.00. The van der Waals surface area contributed by atoms with Gasteiger partial charge in [0.25, 0.3) is 16.1 Å². The average molecular weight is 246 g/mol. The molecule has 2 aromatic carbocycles. The molecule has 0 unspecified atom stereocenters. The largest absolute Gasteiger partial charge is 0.507 e. The van der Waals surface area contributed by atoms with Crippen molar-refractivity contribution >= 4 is 16.1 Å². The topological polar surface area (TPSA) is 80.9 Å². The molecular formula is C12H16B2O4. The zero-order valence-electron chi connectivity index (χ0n) is 10.4. The van der Waals surface area contributed by atoms with Gasteiger partial charge in [-0.2, -0.15) is 0 Å². The summed E-state index contributed by atoms with van der Waals surface area (Å²) in [6, 6.07) is 13.9. The number of para-hydroxylation sites is 2. The van der Waals surface area contributed by atoms with E-state index in [9.17, 15) is 10.2 Å². The van der Waals surface area contributed by atoms with Gasteiger partial charge in [0.15, 0.2) is 0 Å². The van der Waals surface area contributed by atoms with E-state index < -0.39 is 0 Å². The Morgan fingerprint density at radius 1 is 0.556 bits per heavy atom. The molecule has 0 spiro atoms. The Balaban J connectivity index is 0.000000659. The highest BCUT2D eigenvalue weighted by molar-refractivity contribution is 5.95. The fourth-order valence-corrected chi connectivity index (χ4v) is 1.40. The average Bonchev–Trinajstić information content (AvgIpc) is 2.45. The van der Waals surface area contributed by atoms with E-state index in [1.807, 2.05) is 12.1 Å². The lowest BCUT2D eigenvalue weighted by molar-refractivity contribution is 0.469. The molecule has 6 heteroatoms. The molecule has 0 saturated carbocycles. The monoisotopic (exact) mass is 246 g/mol. The Bertz CT molecular complexity index is 420. The molecule has 18 heavy (non-hydrogen) atoms. The van der Waals surface area contributed by atoms with Crippen molar-refractivity contribution in [1.82, 2.24) is 0 Å². The Kier molecular flexibility index (Phi) is 8.18. The maximum absolute atomic E-state index is 9.58. The molecule has 0 saturated heterocycles. The number of benzene rings is 2. The smallest absolute Gasteiger partial charge is 0.252 e. The zero-order valence-corrected chi connectivity index (χ0v) is 10.4. The maximum atomic E-state index is 9.58. The van der Waals surface area contributed by atoms with Crippen molar-refractivity contribution in [2.45, 2.75) is 0 Å². The summed E-state index contributed by atoms with van der Waals surface area (Å²) in [6.45, 7) is 0. The highest BCUT2D eigenvalue weighted by Gasteiger charge is 2.06. The standard InChI is InChI=1S/C12H10O2.2BH3O/c13-11-7-3-1-5-9(11)10-6-2-4-8-12(10)14;2*1-2/h1-8,13-14H;2*2H,1H2. The summed E-state index contributed by atoms with van der Waals surface area (Å²) in [5, 5.41) is 33.2. The van der Waals surface area contributed by atoms with E-state index >= 15 is 0 Å². The molecule has 0 radical (unpaired) electrons. The molecule has 0 amide bonds. The van der Waals surface area contributed by atoms with Crippen molar-refractivity contribution in [3.63, 3.8) is 0 Å². The van der Waals surface area contributed by atoms with Crippen LogP contribution >= 0.6 is 0 Å². The Morgan fingerprint density at radius 2 is 0.833 bits per heavy atom. The SMILES string of the molecule is BO.BO.Oc1ccccc1-c1ccccc1O. The molecule has 2 aromatic rings. The lowest BCUT2D eigenvalue weighted by atomic mass is 10.0. The second-order valence-electron chi connectivity index (χ2n) is 3.03. The quantitative estimate of drug-likeness (QED) is 0.526. The van der Waals surface area contributed by atoms with Gasteiger partial charge in [-0.1, -0.05) is 36.4 Å². The highest BCUT2D eigenvalue weighted by atomic mass is 16.3. The highest BCUT2D eigenvalue weighted by Crippen LogP contribution is 2.34. The normalized spacial score (nSPS) is 8.33. The van der Waals surface area contributed by atoms with Crippen LogP contribution in [-0.4, -0.2) is 36.4 Å². The molecule has 2 rings (SSSR count). The molecule has 0 bridgehead atoms. The number of rotatable bonds is 1. The molecular weight excluding hydrogens is 230 g/mol. The first-order valence-corrected chi connectivity index (χ1v) is 5.25. The van der Waals surface area contributed by atoms with E-state index in [-0.39, 0.29) is 11.5 Å². The van der Waals surface area contributed by atoms with Gasteiger partial charge in [0, 0.05) is 11.1 Å². The first-order chi connectivity index (χ1) is 8.79. The van der Waals surface area contributed by atoms with Crippen molar-refractivity contribution in [3.8, 4) is 22.6 Å². The predicted molar refractivity (Wildman–Crippen MR) is 76.7 cm³/mol. The van der Waals surface area contributed by atoms with Crippen LogP contribution in [0.25, 0.3) is 11.1 Å². The third-order valence-corrected chi connectivity index (χ3v) is 2.10. The van der Waals surface area contributed by atoms with Gasteiger partial charge in [0.1, 0.15) is 11.5 Å². The predicted octanol–water partition coefficient (Wildman–Crippen LogP) is -0.182. The molecule has 0 aliphatic carbocycles. The number of aromatic hydroxyl groups is 2. The number of hydrogen-bond donors (Lipinski definition) is 4. The van der Waals surface area contributed by atoms with Gasteiger partial charge in [-0.15, -0.1) is 0 Å². The van der Waals surface area contributed by atoms with E-state index in [4.69, 9.17) is 10.0 Å². The molecule has 0 aromatic heterocycles. The van der Waals surface area contributed by atoms with Crippen molar-refractivity contribution in [2.24, 2.45) is 0 Å². The van der Waals surface area contributed by atoms with Crippen LogP contribution in [0.5, 0.6) is 11.5 Å². The van der Waals surface area contributed by atoms with E-state index in [0.717, 1.165) is 16.1 Å². The van der Waals surface area contributed by atoms with E-state index in [1.54, 1.807) is 36.4 Å². The number of hydrogen-bond acceptors (Lipinski definition) is 4. The minimum Gasteiger partial charge on any atom is -0.507 e. The first kappa shape index (κ1) is 16.1. The first-order valence-electron chi connectivity index (χ1n) is 5.25. The lowest BCUT2D eigenvalue weighted by Gasteiger charge is -2.05. The van der Waals surface area contributed by atoms with Crippen molar-refractivity contribution in [1.29, 1.82) is 0 Å². The van der Waals surface area contributed by atoms with Gasteiger partial charge in [0.05, 0.1) is 0 Å². The van der Waals surface area contributed by atoms with Gasteiger partial charge in [-0.05, 0) is 12.1 Å². The van der Waals surface area contributed by atoms with Gasteiger partial charge < -0.3 is 20.3 Å². The maximum Gasteiger partial charge on any atom is 0.252 e. The van der Waals surface area contributed by atoms with Crippen molar-refractivity contribution in [3.05, 3.63) is 48.5 Å². The van der Waals surface area contributed by atoms with Crippen LogP contribution in [0.3, 0.4) is 0 Å². The molecule has 0 heterocycles. The second kappa shape index (κ2) is 9.15. The lowest BCUT2D eigenvalue weighted by Crippen LogP contribution is -1.79. The third kappa shape index (κ3) is 4.16. The fourth-order valence-electron chi connectivity index (χ4n) is 1.40. The summed E-state index contributed by atoms with van der Waals surface area (Å²) in [6.07, 6.45) is 0. The second-order valence-corrected chi connectivity index (χ2v) is 3.03. The Labute approximate surface area is 108 Å². The zero-order chi connectivity index (χ0) is 14.0. The molecule has 0 aliphatic rings. The van der Waals surface area contributed by atoms with Crippen LogP contribution in [0.2, 0.25) is 0 Å². The summed E-state index contributed by atoms with van der Waals surface area (Å²) < 4.78 is 0. The minimum atomic E-state index is 0.175. The summed E-state index contributed by atoms with van der Waals surface area (Å²) in [5.74, 6) is 0.350. The van der Waals surface area contributed by atoms with Crippen LogP contribution in [-0.2, 0) is 0 Å². The van der Waals surface area contributed by atoms with Gasteiger partial charge in [-0.25, -0.2) is 0 Å². The van der Waals surface area contributed by atoms with E-state index in [0.29, 0.717) is 11.1 Å². The van der Waals surface area contributed by atoms with Crippen LogP contribution in [0.15, 0.2) is 48.5 Å². The fraction of sp³-hybridized carbons (Fsp3) is 0. The molecule has 4 nitrogen and oxygen atoms in total.